The van der Waals surface area contributed by atoms with Crippen LogP contribution in [0.1, 0.15) is 6.23 Å². The molecule has 0 amide bonds. The number of hydrogen-bond donors (Lipinski definition) is 5. The summed E-state index contributed by atoms with van der Waals surface area (Å²) in [5, 5.41) is 10.2. The van der Waals surface area contributed by atoms with E-state index in [4.69, 9.17) is 25.7 Å². The van der Waals surface area contributed by atoms with Crippen LogP contribution in [-0.2, 0) is 27.4 Å². The Morgan fingerprint density at radius 3 is 2.59 bits per heavy atom. The third kappa shape index (κ3) is 5.68. The predicted octanol–water partition coefficient (Wildman–Crippen LogP) is -1.66. The molecule has 1 aliphatic heterocycles. The number of aliphatic hydroxyl groups excluding tert-OH is 1. The molecule has 2 heterocycles. The second-order valence-electron chi connectivity index (χ2n) is 5.53. The summed E-state index contributed by atoms with van der Waals surface area (Å²) in [6.07, 6.45) is -0.653. The van der Waals surface area contributed by atoms with Gasteiger partial charge in [0.05, 0.1) is 0 Å². The van der Waals surface area contributed by atoms with Gasteiger partial charge in [0.1, 0.15) is 19.3 Å². The minimum absolute atomic E-state index is 0.556. The van der Waals surface area contributed by atoms with Gasteiger partial charge < -0.3 is 29.3 Å². The molecule has 29 heavy (non-hydrogen) atoms. The van der Waals surface area contributed by atoms with Crippen LogP contribution in [0.5, 0.6) is 0 Å². The number of alkyl halides is 1. The molecule has 5 atom stereocenters. The van der Waals surface area contributed by atoms with Crippen LogP contribution >= 0.6 is 15.6 Å². The van der Waals surface area contributed by atoms with E-state index in [1.54, 1.807) is 0 Å². The van der Waals surface area contributed by atoms with E-state index in [0.29, 0.717) is 4.57 Å². The van der Waals surface area contributed by atoms with Gasteiger partial charge in [0.2, 0.25) is 5.79 Å². The van der Waals surface area contributed by atoms with E-state index in [9.17, 15) is 33.1 Å². The number of halogens is 1. The van der Waals surface area contributed by atoms with Crippen LogP contribution in [-0.4, -0.2) is 60.6 Å². The first-order valence-electron chi connectivity index (χ1n) is 7.43. The van der Waals surface area contributed by atoms with Crippen molar-refractivity contribution in [3.05, 3.63) is 33.1 Å². The Bertz CT molecular complexity index is 998. The summed E-state index contributed by atoms with van der Waals surface area (Å²) in [7, 11) is -10.9. The van der Waals surface area contributed by atoms with E-state index in [-0.39, 0.29) is 0 Å². The van der Waals surface area contributed by atoms with Gasteiger partial charge in [-0.25, -0.2) is 18.3 Å². The van der Waals surface area contributed by atoms with Gasteiger partial charge in [-0.05, 0) is 0 Å². The number of terminal acetylenes is 1. The van der Waals surface area contributed by atoms with Gasteiger partial charge in [0.15, 0.2) is 12.4 Å². The van der Waals surface area contributed by atoms with Crippen LogP contribution in [0.15, 0.2) is 21.9 Å². The highest BCUT2D eigenvalue weighted by atomic mass is 31.3. The minimum atomic E-state index is -5.46. The summed E-state index contributed by atoms with van der Waals surface area (Å²) in [6, 6.07) is 0.860. The monoisotopic (exact) mass is 460 g/mol. The van der Waals surface area contributed by atoms with Gasteiger partial charge in [-0.3, -0.25) is 18.9 Å². The van der Waals surface area contributed by atoms with E-state index in [1.165, 1.54) is 0 Å². The van der Waals surface area contributed by atoms with Crippen LogP contribution < -0.4 is 11.2 Å². The maximum atomic E-state index is 14.7. The summed E-state index contributed by atoms with van der Waals surface area (Å²) < 4.78 is 55.7. The first-order valence-corrected chi connectivity index (χ1v) is 10.5. The SMILES string of the molecule is C#CCO[C@]1(COP(=O)(O)OP(=O)(O)O)O[C@@H](n2ccc(=O)[nH]c2=O)[C@H](F)[C@@H]1O. The molecular formula is C12H15FN2O12P2. The summed E-state index contributed by atoms with van der Waals surface area (Å²) in [5.74, 6) is -0.612. The van der Waals surface area contributed by atoms with Crippen LogP contribution in [0.25, 0.3) is 0 Å². The smallest absolute Gasteiger partial charge is 0.384 e. The number of H-pyrrole nitrogens is 1. The Morgan fingerprint density at radius 2 is 2.03 bits per heavy atom. The molecule has 17 heteroatoms. The molecule has 1 saturated heterocycles. The fourth-order valence-corrected chi connectivity index (χ4v) is 3.96. The van der Waals surface area contributed by atoms with E-state index in [2.05, 4.69) is 8.83 Å². The Kier molecular flexibility index (Phi) is 6.98. The lowest BCUT2D eigenvalue weighted by molar-refractivity contribution is -0.274. The molecule has 0 saturated carbocycles. The Balaban J connectivity index is 2.33. The van der Waals surface area contributed by atoms with Crippen LogP contribution in [0.3, 0.4) is 0 Å². The number of phosphoric ester groups is 1. The first kappa shape index (κ1) is 23.6. The Morgan fingerprint density at radius 1 is 1.38 bits per heavy atom. The molecule has 0 spiro atoms. The number of rotatable bonds is 8. The van der Waals surface area contributed by atoms with Gasteiger partial charge in [-0.1, -0.05) is 5.92 Å². The van der Waals surface area contributed by atoms with Gasteiger partial charge >= 0.3 is 21.3 Å². The second-order valence-corrected chi connectivity index (χ2v) is 8.36. The summed E-state index contributed by atoms with van der Waals surface area (Å²) in [5.41, 5.74) is -1.90. The highest BCUT2D eigenvalue weighted by molar-refractivity contribution is 7.60. The quantitative estimate of drug-likeness (QED) is 0.218. The molecule has 1 aromatic heterocycles. The van der Waals surface area contributed by atoms with Crippen LogP contribution in [0.2, 0.25) is 0 Å². The molecule has 1 aromatic rings. The molecule has 2 rings (SSSR count). The average molecular weight is 460 g/mol. The lowest BCUT2D eigenvalue weighted by Crippen LogP contribution is -2.48. The normalized spacial score (nSPS) is 29.3. The van der Waals surface area contributed by atoms with E-state index in [0.717, 1.165) is 12.3 Å². The standard InChI is InChI=1S/C12H15FN2O12P2/c1-2-5-24-12(6-25-29(22,23)27-28(19,20)21)9(17)8(13)10(26-12)15-4-3-7(16)14-11(15)18/h1,3-4,8-10,17H,5-6H2,(H,22,23)(H,14,16,18)(H2,19,20,21)/t8-,9+,10-,12-/m1/s1. The highest BCUT2D eigenvalue weighted by Crippen LogP contribution is 2.58. The van der Waals surface area contributed by atoms with Crippen molar-refractivity contribution in [2.75, 3.05) is 13.2 Å². The third-order valence-electron chi connectivity index (χ3n) is 3.51. The zero-order valence-electron chi connectivity index (χ0n) is 14.2. The third-order valence-corrected chi connectivity index (χ3v) is 5.64. The Labute approximate surface area is 160 Å². The van der Waals surface area contributed by atoms with E-state index < -0.39 is 64.4 Å². The Hall–Kier alpha value is -1.69. The van der Waals surface area contributed by atoms with Gasteiger partial charge in [-0.15, -0.1) is 6.42 Å². The topological polar surface area (TPSA) is 207 Å². The number of ether oxygens (including phenoxy) is 2. The molecule has 162 valence electrons. The van der Waals surface area contributed by atoms with E-state index >= 15 is 0 Å². The number of nitrogens with one attached hydrogen (secondary N) is 1. The maximum Gasteiger partial charge on any atom is 0.481 e. The van der Waals surface area contributed by atoms with Crippen molar-refractivity contribution < 1.29 is 51.6 Å². The summed E-state index contributed by atoms with van der Waals surface area (Å²) in [6.45, 7) is -1.92. The number of hydrogen-bond acceptors (Lipinski definition) is 9. The summed E-state index contributed by atoms with van der Waals surface area (Å²) in [4.78, 5) is 51.4. The zero-order valence-corrected chi connectivity index (χ0v) is 15.9. The number of aliphatic hydroxyl groups is 1. The number of aromatic nitrogens is 2. The van der Waals surface area contributed by atoms with Crippen molar-refractivity contribution in [3.8, 4) is 12.3 Å². The van der Waals surface area contributed by atoms with Gasteiger partial charge in [0.25, 0.3) is 5.56 Å². The summed E-state index contributed by atoms with van der Waals surface area (Å²) >= 11 is 0. The first-order chi connectivity index (χ1) is 13.3. The van der Waals surface area contributed by atoms with Crippen molar-refractivity contribution >= 4 is 15.6 Å². The molecule has 0 radical (unpaired) electrons. The van der Waals surface area contributed by atoms with Crippen LogP contribution in [0, 0.1) is 12.3 Å². The number of aromatic amines is 1. The second kappa shape index (κ2) is 8.58. The number of phosphoric acid groups is 2. The maximum absolute atomic E-state index is 14.7. The molecule has 5 N–H and O–H groups in total. The van der Waals surface area contributed by atoms with Crippen molar-refractivity contribution in [1.29, 1.82) is 0 Å². The lowest BCUT2D eigenvalue weighted by atomic mass is 10.1. The van der Waals surface area contributed by atoms with Crippen molar-refractivity contribution in [2.24, 2.45) is 0 Å². The average Bonchev–Trinajstić information content (AvgIpc) is 2.82. The van der Waals surface area contributed by atoms with E-state index in [1.807, 2.05) is 10.9 Å². The molecule has 1 fully saturated rings. The molecule has 1 unspecified atom stereocenters. The highest BCUT2D eigenvalue weighted by Gasteiger charge is 2.58. The fraction of sp³-hybridized carbons (Fsp3) is 0.500. The molecule has 1 aliphatic rings. The predicted molar refractivity (Wildman–Crippen MR) is 88.8 cm³/mol. The molecular weight excluding hydrogens is 445 g/mol. The molecule has 0 aliphatic carbocycles. The number of nitrogens with zero attached hydrogens (tertiary/aromatic N) is 1. The minimum Gasteiger partial charge on any atom is -0.384 e. The lowest BCUT2D eigenvalue weighted by Gasteiger charge is -2.31. The van der Waals surface area contributed by atoms with Crippen molar-refractivity contribution in [1.82, 2.24) is 9.55 Å². The van der Waals surface area contributed by atoms with Gasteiger partial charge in [0, 0.05) is 12.3 Å². The largest absolute Gasteiger partial charge is 0.481 e. The molecule has 0 aromatic carbocycles. The van der Waals surface area contributed by atoms with Crippen molar-refractivity contribution in [2.45, 2.75) is 24.3 Å². The molecule has 14 nitrogen and oxygen atoms in total. The fourth-order valence-electron chi connectivity index (χ4n) is 2.35. The van der Waals surface area contributed by atoms with Crippen molar-refractivity contribution in [3.63, 3.8) is 0 Å². The zero-order chi connectivity index (χ0) is 22.0. The molecule has 0 bridgehead atoms. The van der Waals surface area contributed by atoms with Crippen LogP contribution in [0.4, 0.5) is 4.39 Å². The van der Waals surface area contributed by atoms with Gasteiger partial charge in [-0.2, -0.15) is 4.31 Å².